The van der Waals surface area contributed by atoms with Crippen LogP contribution in [0.15, 0.2) is 164 Å². The Balaban J connectivity index is 1.20. The van der Waals surface area contributed by atoms with E-state index in [9.17, 15) is 0 Å². The molecule has 0 N–H and O–H groups in total. The molecule has 3 aromatic heterocycles. The van der Waals surface area contributed by atoms with Crippen molar-refractivity contribution in [3.8, 4) is 45.5 Å². The van der Waals surface area contributed by atoms with Crippen LogP contribution in [0.5, 0.6) is 0 Å². The second-order valence-electron chi connectivity index (χ2n) is 14.5. The SMILES string of the molecule is CC1(C)c2ccccc2-c2c1ccc1c3ccccc3n(-c3nc(-c4ccccc4)nc(-c4cccc(-n5c6ccccc6c6ccccc65)c4)n3)c21. The van der Waals surface area contributed by atoms with Crippen LogP contribution in [0, 0.1) is 0 Å². The van der Waals surface area contributed by atoms with E-state index in [2.05, 4.69) is 169 Å². The van der Waals surface area contributed by atoms with Gasteiger partial charge in [-0.3, -0.25) is 4.57 Å². The molecule has 0 saturated carbocycles. The third-order valence-electron chi connectivity index (χ3n) is 11.2. The third kappa shape index (κ3) is 4.28. The first kappa shape index (κ1) is 29.8. The molecular weight excluding hydrogens is 647 g/mol. The van der Waals surface area contributed by atoms with Gasteiger partial charge in [-0.05, 0) is 47.0 Å². The summed E-state index contributed by atoms with van der Waals surface area (Å²) in [5.41, 5.74) is 12.4. The number of benzene rings is 7. The highest BCUT2D eigenvalue weighted by molar-refractivity contribution is 6.15. The van der Waals surface area contributed by atoms with Crippen molar-refractivity contribution in [2.75, 3.05) is 0 Å². The van der Waals surface area contributed by atoms with Crippen molar-refractivity contribution in [2.45, 2.75) is 19.3 Å². The molecule has 5 nitrogen and oxygen atoms in total. The van der Waals surface area contributed by atoms with Crippen LogP contribution in [-0.2, 0) is 5.41 Å². The van der Waals surface area contributed by atoms with Gasteiger partial charge in [-0.2, -0.15) is 9.97 Å². The summed E-state index contributed by atoms with van der Waals surface area (Å²) in [6, 6.07) is 58.1. The molecule has 0 amide bonds. The fourth-order valence-corrected chi connectivity index (χ4v) is 8.74. The van der Waals surface area contributed by atoms with Crippen LogP contribution in [0.4, 0.5) is 0 Å². The molecule has 53 heavy (non-hydrogen) atoms. The Kier molecular flexibility index (Phi) is 6.23. The van der Waals surface area contributed by atoms with Crippen molar-refractivity contribution in [3.05, 3.63) is 175 Å². The lowest BCUT2D eigenvalue weighted by atomic mass is 9.82. The van der Waals surface area contributed by atoms with Crippen LogP contribution in [0.1, 0.15) is 25.0 Å². The lowest BCUT2D eigenvalue weighted by Crippen LogP contribution is -2.14. The molecule has 0 spiro atoms. The first-order chi connectivity index (χ1) is 26.1. The average Bonchev–Trinajstić information content (AvgIpc) is 3.81. The minimum atomic E-state index is -0.145. The Morgan fingerprint density at radius 2 is 1.00 bits per heavy atom. The maximum Gasteiger partial charge on any atom is 0.238 e. The van der Waals surface area contributed by atoms with E-state index in [0.717, 1.165) is 38.9 Å². The summed E-state index contributed by atoms with van der Waals surface area (Å²) in [7, 11) is 0. The Bertz CT molecular complexity index is 3040. The minimum absolute atomic E-state index is 0.145. The molecule has 1 aliphatic carbocycles. The van der Waals surface area contributed by atoms with E-state index in [1.165, 1.54) is 43.8 Å². The highest BCUT2D eigenvalue weighted by atomic mass is 15.2. The van der Waals surface area contributed by atoms with Crippen molar-refractivity contribution in [3.63, 3.8) is 0 Å². The molecule has 11 rings (SSSR count). The number of hydrogen-bond donors (Lipinski definition) is 0. The Morgan fingerprint density at radius 1 is 0.434 bits per heavy atom. The number of nitrogens with zero attached hydrogens (tertiary/aromatic N) is 5. The van der Waals surface area contributed by atoms with Crippen molar-refractivity contribution in [1.29, 1.82) is 0 Å². The van der Waals surface area contributed by atoms with Gasteiger partial charge in [0.05, 0.1) is 22.1 Å². The van der Waals surface area contributed by atoms with Gasteiger partial charge in [-0.1, -0.05) is 147 Å². The van der Waals surface area contributed by atoms with E-state index in [1.54, 1.807) is 0 Å². The molecule has 0 bridgehead atoms. The molecule has 7 aromatic carbocycles. The molecule has 0 atom stereocenters. The molecule has 1 aliphatic rings. The summed E-state index contributed by atoms with van der Waals surface area (Å²) in [5.74, 6) is 1.85. The van der Waals surface area contributed by atoms with Crippen LogP contribution in [0.25, 0.3) is 89.2 Å². The number of aromatic nitrogens is 5. The number of fused-ring (bicyclic) bond motifs is 10. The summed E-state index contributed by atoms with van der Waals surface area (Å²) in [6.07, 6.45) is 0. The van der Waals surface area contributed by atoms with Crippen LogP contribution in [0.2, 0.25) is 0 Å². The number of para-hydroxylation sites is 3. The molecule has 0 unspecified atom stereocenters. The summed E-state index contributed by atoms with van der Waals surface area (Å²) in [6.45, 7) is 4.66. The average molecular weight is 680 g/mol. The van der Waals surface area contributed by atoms with E-state index < -0.39 is 0 Å². The van der Waals surface area contributed by atoms with E-state index in [4.69, 9.17) is 15.0 Å². The summed E-state index contributed by atoms with van der Waals surface area (Å²) >= 11 is 0. The largest absolute Gasteiger partial charge is 0.309 e. The molecule has 0 radical (unpaired) electrons. The van der Waals surface area contributed by atoms with E-state index in [1.807, 2.05) is 18.2 Å². The molecular formula is C48H33N5. The fraction of sp³-hybridized carbons (Fsp3) is 0.0625. The van der Waals surface area contributed by atoms with Crippen LogP contribution in [-0.4, -0.2) is 24.1 Å². The summed E-state index contributed by atoms with van der Waals surface area (Å²) in [4.78, 5) is 15.8. The molecule has 250 valence electrons. The molecule has 10 aromatic rings. The standard InChI is InChI=1S/C48H33N5/c1-48(2)38-23-10-6-22-37(38)43-39(48)28-27-36-35-21-9-13-26-42(35)53(44(36)43)47-50-45(30-15-4-3-5-16-30)49-46(51-47)31-17-14-18-32(29-31)52-40-24-11-7-19-33(40)34-20-8-12-25-41(34)52/h3-29H,1-2H3. The van der Waals surface area contributed by atoms with Gasteiger partial charge < -0.3 is 4.57 Å². The Morgan fingerprint density at radius 3 is 1.72 bits per heavy atom. The van der Waals surface area contributed by atoms with Gasteiger partial charge in [-0.15, -0.1) is 0 Å². The van der Waals surface area contributed by atoms with Gasteiger partial charge >= 0.3 is 0 Å². The van der Waals surface area contributed by atoms with Gasteiger partial charge in [0.1, 0.15) is 0 Å². The van der Waals surface area contributed by atoms with Crippen LogP contribution < -0.4 is 0 Å². The highest BCUT2D eigenvalue weighted by Gasteiger charge is 2.37. The monoisotopic (exact) mass is 679 g/mol. The van der Waals surface area contributed by atoms with E-state index in [-0.39, 0.29) is 5.41 Å². The maximum atomic E-state index is 5.37. The molecule has 0 fully saturated rings. The zero-order chi connectivity index (χ0) is 35.3. The Labute approximate surface area is 306 Å². The normalized spacial score (nSPS) is 13.2. The predicted octanol–water partition coefficient (Wildman–Crippen LogP) is 11.7. The van der Waals surface area contributed by atoms with Gasteiger partial charge in [0.25, 0.3) is 0 Å². The van der Waals surface area contributed by atoms with Crippen molar-refractivity contribution < 1.29 is 0 Å². The zero-order valence-corrected chi connectivity index (χ0v) is 29.3. The fourth-order valence-electron chi connectivity index (χ4n) is 8.74. The van der Waals surface area contributed by atoms with Crippen LogP contribution in [0.3, 0.4) is 0 Å². The zero-order valence-electron chi connectivity index (χ0n) is 29.3. The smallest absolute Gasteiger partial charge is 0.238 e. The topological polar surface area (TPSA) is 48.5 Å². The van der Waals surface area contributed by atoms with Crippen molar-refractivity contribution in [1.82, 2.24) is 24.1 Å². The predicted molar refractivity (Wildman–Crippen MR) is 217 cm³/mol. The summed E-state index contributed by atoms with van der Waals surface area (Å²) in [5, 5.41) is 4.81. The molecule has 3 heterocycles. The van der Waals surface area contributed by atoms with Gasteiger partial charge in [0.15, 0.2) is 11.6 Å². The second kappa shape index (κ2) is 11.1. The number of hydrogen-bond acceptors (Lipinski definition) is 3. The maximum absolute atomic E-state index is 5.37. The second-order valence-corrected chi connectivity index (χ2v) is 14.5. The van der Waals surface area contributed by atoms with E-state index in [0.29, 0.717) is 17.6 Å². The van der Waals surface area contributed by atoms with Gasteiger partial charge in [0.2, 0.25) is 5.95 Å². The number of rotatable bonds is 4. The first-order valence-corrected chi connectivity index (χ1v) is 18.1. The minimum Gasteiger partial charge on any atom is -0.309 e. The van der Waals surface area contributed by atoms with E-state index >= 15 is 0 Å². The van der Waals surface area contributed by atoms with Crippen molar-refractivity contribution in [2.24, 2.45) is 0 Å². The molecule has 0 aliphatic heterocycles. The van der Waals surface area contributed by atoms with Crippen molar-refractivity contribution >= 4 is 43.6 Å². The first-order valence-electron chi connectivity index (χ1n) is 18.1. The Hall–Kier alpha value is -6.85. The highest BCUT2D eigenvalue weighted by Crippen LogP contribution is 2.52. The van der Waals surface area contributed by atoms with Gasteiger partial charge in [-0.25, -0.2) is 4.98 Å². The lowest BCUT2D eigenvalue weighted by molar-refractivity contribution is 0.660. The summed E-state index contributed by atoms with van der Waals surface area (Å²) < 4.78 is 4.61. The molecule has 0 saturated heterocycles. The molecule has 5 heteroatoms. The lowest BCUT2D eigenvalue weighted by Gasteiger charge is -2.21. The third-order valence-corrected chi connectivity index (χ3v) is 11.2. The quantitative estimate of drug-likeness (QED) is 0.186. The van der Waals surface area contributed by atoms with Crippen LogP contribution >= 0.6 is 0 Å². The van der Waals surface area contributed by atoms with Gasteiger partial charge in [0, 0.05) is 49.3 Å².